The van der Waals surface area contributed by atoms with Crippen molar-refractivity contribution in [3.8, 4) is 0 Å². The van der Waals surface area contributed by atoms with Gasteiger partial charge in [-0.15, -0.1) is 0 Å². The van der Waals surface area contributed by atoms with Crippen LogP contribution in [0.15, 0.2) is 24.3 Å². The third-order valence-corrected chi connectivity index (χ3v) is 3.61. The first-order valence-electron chi connectivity index (χ1n) is 6.75. The zero-order valence-corrected chi connectivity index (χ0v) is 11.2. The lowest BCUT2D eigenvalue weighted by atomic mass is 10.1. The van der Waals surface area contributed by atoms with Crippen LogP contribution in [0.1, 0.15) is 38.3 Å². The van der Waals surface area contributed by atoms with Crippen LogP contribution in [-0.2, 0) is 13.1 Å². The fourth-order valence-corrected chi connectivity index (χ4v) is 2.52. The van der Waals surface area contributed by atoms with Crippen molar-refractivity contribution >= 4 is 0 Å². The van der Waals surface area contributed by atoms with E-state index in [-0.39, 0.29) is 0 Å². The van der Waals surface area contributed by atoms with Gasteiger partial charge in [0.2, 0.25) is 0 Å². The van der Waals surface area contributed by atoms with Crippen molar-refractivity contribution in [3.05, 3.63) is 35.4 Å². The van der Waals surface area contributed by atoms with Gasteiger partial charge in [-0.2, -0.15) is 0 Å². The molecule has 2 rings (SSSR count). The first-order valence-corrected chi connectivity index (χ1v) is 6.75. The van der Waals surface area contributed by atoms with E-state index in [4.69, 9.17) is 0 Å². The topological polar surface area (TPSA) is 15.3 Å². The molecular formula is C15H24N2. The minimum atomic E-state index is 0.578. The number of hydrogen-bond donors (Lipinski definition) is 1. The fourth-order valence-electron chi connectivity index (χ4n) is 2.52. The van der Waals surface area contributed by atoms with Gasteiger partial charge in [-0.05, 0) is 17.5 Å². The molecule has 0 saturated heterocycles. The van der Waals surface area contributed by atoms with Gasteiger partial charge in [0.1, 0.15) is 0 Å². The Balaban J connectivity index is 1.95. The molecule has 94 valence electrons. The number of nitrogens with zero attached hydrogens (tertiary/aromatic N) is 1. The molecule has 0 aromatic heterocycles. The molecule has 2 heteroatoms. The van der Waals surface area contributed by atoms with Crippen LogP contribution in [0.5, 0.6) is 0 Å². The molecule has 0 aliphatic carbocycles. The molecule has 0 saturated carbocycles. The smallest absolute Gasteiger partial charge is 0.0244 e. The summed E-state index contributed by atoms with van der Waals surface area (Å²) in [6.07, 6.45) is 1.22. The van der Waals surface area contributed by atoms with E-state index < -0.39 is 0 Å². The highest BCUT2D eigenvalue weighted by molar-refractivity contribution is 5.30. The summed E-state index contributed by atoms with van der Waals surface area (Å²) in [6, 6.07) is 10.1. The maximum absolute atomic E-state index is 3.56. The van der Waals surface area contributed by atoms with Gasteiger partial charge in [-0.25, -0.2) is 0 Å². The molecule has 1 aromatic carbocycles. The van der Waals surface area contributed by atoms with Crippen LogP contribution in [0.4, 0.5) is 0 Å². The molecule has 0 fully saturated rings. The average molecular weight is 232 g/mol. The molecule has 1 atom stereocenters. The Bertz CT molecular complexity index is 335. The normalized spacial score (nSPS) is 17.4. The van der Waals surface area contributed by atoms with Gasteiger partial charge in [0.15, 0.2) is 0 Å². The number of hydrogen-bond acceptors (Lipinski definition) is 2. The van der Waals surface area contributed by atoms with E-state index in [9.17, 15) is 0 Å². The standard InChI is InChI=1S/C15H24N2/c1-4-15(9-16-12(2)3)17-10-13-7-5-6-8-14(13)11-17/h5-8,12,15-16H,4,9-11H2,1-3H3. The zero-order chi connectivity index (χ0) is 12.3. The Morgan fingerprint density at radius 3 is 2.24 bits per heavy atom. The summed E-state index contributed by atoms with van der Waals surface area (Å²) in [5, 5.41) is 3.56. The predicted octanol–water partition coefficient (Wildman–Crippen LogP) is 2.78. The number of benzene rings is 1. The Morgan fingerprint density at radius 1 is 1.18 bits per heavy atom. The van der Waals surface area contributed by atoms with Gasteiger partial charge in [0, 0.05) is 31.7 Å². The Labute approximate surface area is 105 Å². The molecule has 0 spiro atoms. The number of fused-ring (bicyclic) bond motifs is 1. The minimum absolute atomic E-state index is 0.578. The molecule has 1 aliphatic heterocycles. The third-order valence-electron chi connectivity index (χ3n) is 3.61. The molecule has 0 bridgehead atoms. The number of rotatable bonds is 5. The monoisotopic (exact) mass is 232 g/mol. The molecule has 0 amide bonds. The summed E-state index contributed by atoms with van der Waals surface area (Å²) < 4.78 is 0. The molecule has 2 nitrogen and oxygen atoms in total. The van der Waals surface area contributed by atoms with Crippen LogP contribution in [0.3, 0.4) is 0 Å². The first-order chi connectivity index (χ1) is 8.20. The second-order valence-corrected chi connectivity index (χ2v) is 5.30. The van der Waals surface area contributed by atoms with Crippen molar-refractivity contribution in [1.29, 1.82) is 0 Å². The molecule has 17 heavy (non-hydrogen) atoms. The molecule has 1 heterocycles. The summed E-state index contributed by atoms with van der Waals surface area (Å²) in [4.78, 5) is 2.60. The second-order valence-electron chi connectivity index (χ2n) is 5.30. The molecular weight excluding hydrogens is 208 g/mol. The van der Waals surface area contributed by atoms with Crippen molar-refractivity contribution in [1.82, 2.24) is 10.2 Å². The maximum atomic E-state index is 3.56. The van der Waals surface area contributed by atoms with E-state index in [0.717, 1.165) is 19.6 Å². The van der Waals surface area contributed by atoms with E-state index in [1.54, 1.807) is 0 Å². The lowest BCUT2D eigenvalue weighted by Crippen LogP contribution is -2.41. The first kappa shape index (κ1) is 12.6. The predicted molar refractivity (Wildman–Crippen MR) is 72.9 cm³/mol. The highest BCUT2D eigenvalue weighted by atomic mass is 15.2. The van der Waals surface area contributed by atoms with Crippen LogP contribution in [0.2, 0.25) is 0 Å². The zero-order valence-electron chi connectivity index (χ0n) is 11.2. The van der Waals surface area contributed by atoms with Gasteiger partial charge in [0.05, 0.1) is 0 Å². The van der Waals surface area contributed by atoms with Gasteiger partial charge in [-0.1, -0.05) is 45.0 Å². The van der Waals surface area contributed by atoms with Gasteiger partial charge >= 0.3 is 0 Å². The van der Waals surface area contributed by atoms with E-state index in [2.05, 4.69) is 55.3 Å². The summed E-state index contributed by atoms with van der Waals surface area (Å²) >= 11 is 0. The van der Waals surface area contributed by atoms with E-state index in [1.165, 1.54) is 17.5 Å². The van der Waals surface area contributed by atoms with Crippen LogP contribution < -0.4 is 5.32 Å². The van der Waals surface area contributed by atoms with Crippen LogP contribution in [0, 0.1) is 0 Å². The van der Waals surface area contributed by atoms with E-state index >= 15 is 0 Å². The van der Waals surface area contributed by atoms with Crippen LogP contribution >= 0.6 is 0 Å². The highest BCUT2D eigenvalue weighted by Crippen LogP contribution is 2.24. The van der Waals surface area contributed by atoms with Crippen molar-refractivity contribution in [2.24, 2.45) is 0 Å². The van der Waals surface area contributed by atoms with Gasteiger partial charge in [-0.3, -0.25) is 4.90 Å². The van der Waals surface area contributed by atoms with Crippen molar-refractivity contribution < 1.29 is 0 Å². The summed E-state index contributed by atoms with van der Waals surface area (Å²) in [6.45, 7) is 10.1. The molecule has 1 aromatic rings. The Morgan fingerprint density at radius 2 is 1.76 bits per heavy atom. The molecule has 1 aliphatic rings. The summed E-state index contributed by atoms with van der Waals surface area (Å²) in [5.74, 6) is 0. The van der Waals surface area contributed by atoms with Crippen molar-refractivity contribution in [2.75, 3.05) is 6.54 Å². The Kier molecular flexibility index (Phi) is 4.19. The molecule has 1 N–H and O–H groups in total. The summed E-state index contributed by atoms with van der Waals surface area (Å²) in [5.41, 5.74) is 3.02. The quantitative estimate of drug-likeness (QED) is 0.840. The SMILES string of the molecule is CCC(CNC(C)C)N1Cc2ccccc2C1. The van der Waals surface area contributed by atoms with Gasteiger partial charge < -0.3 is 5.32 Å². The van der Waals surface area contributed by atoms with Crippen LogP contribution in [-0.4, -0.2) is 23.5 Å². The van der Waals surface area contributed by atoms with E-state index in [0.29, 0.717) is 12.1 Å². The largest absolute Gasteiger partial charge is 0.313 e. The summed E-state index contributed by atoms with van der Waals surface area (Å²) in [7, 11) is 0. The lowest BCUT2D eigenvalue weighted by Gasteiger charge is -2.27. The van der Waals surface area contributed by atoms with Gasteiger partial charge in [0.25, 0.3) is 0 Å². The van der Waals surface area contributed by atoms with Crippen molar-refractivity contribution in [3.63, 3.8) is 0 Å². The second kappa shape index (κ2) is 5.65. The molecule has 1 unspecified atom stereocenters. The minimum Gasteiger partial charge on any atom is -0.313 e. The highest BCUT2D eigenvalue weighted by Gasteiger charge is 2.24. The van der Waals surface area contributed by atoms with E-state index in [1.807, 2.05) is 0 Å². The number of nitrogens with one attached hydrogen (secondary N) is 1. The Hall–Kier alpha value is -0.860. The maximum Gasteiger partial charge on any atom is 0.0244 e. The third kappa shape index (κ3) is 3.08. The van der Waals surface area contributed by atoms with Crippen molar-refractivity contribution in [2.45, 2.75) is 52.4 Å². The van der Waals surface area contributed by atoms with Crippen LogP contribution in [0.25, 0.3) is 0 Å². The lowest BCUT2D eigenvalue weighted by molar-refractivity contribution is 0.186. The average Bonchev–Trinajstić information content (AvgIpc) is 2.72. The molecule has 0 radical (unpaired) electrons. The fraction of sp³-hybridized carbons (Fsp3) is 0.600.